The Balaban J connectivity index is 1.51. The van der Waals surface area contributed by atoms with Crippen molar-refractivity contribution in [2.24, 2.45) is 0 Å². The second-order valence-corrected chi connectivity index (χ2v) is 6.54. The molecule has 1 aliphatic carbocycles. The van der Waals surface area contributed by atoms with Crippen LogP contribution in [0.4, 0.5) is 0 Å². The summed E-state index contributed by atoms with van der Waals surface area (Å²) in [5.74, 6) is 1.29. The van der Waals surface area contributed by atoms with Crippen molar-refractivity contribution in [2.75, 3.05) is 6.61 Å². The molecule has 6 heteroatoms. The van der Waals surface area contributed by atoms with Crippen molar-refractivity contribution < 1.29 is 9.26 Å². The maximum Gasteiger partial charge on any atom is 0.235 e. The molecule has 118 valence electrons. The van der Waals surface area contributed by atoms with Crippen LogP contribution in [0, 0.1) is 0 Å². The van der Waals surface area contributed by atoms with Crippen molar-refractivity contribution in [2.45, 2.75) is 43.6 Å². The molecule has 0 amide bonds. The first-order valence-electron chi connectivity index (χ1n) is 8.25. The summed E-state index contributed by atoms with van der Waals surface area (Å²) in [5, 5.41) is 4.18. The van der Waals surface area contributed by atoms with Gasteiger partial charge in [-0.25, -0.2) is 4.98 Å². The lowest BCUT2D eigenvalue weighted by Gasteiger charge is -2.42. The van der Waals surface area contributed by atoms with Crippen LogP contribution < -0.4 is 0 Å². The summed E-state index contributed by atoms with van der Waals surface area (Å²) >= 11 is 0. The van der Waals surface area contributed by atoms with E-state index >= 15 is 0 Å². The minimum absolute atomic E-state index is 0.0695. The van der Waals surface area contributed by atoms with Gasteiger partial charge in [-0.1, -0.05) is 11.6 Å². The van der Waals surface area contributed by atoms with Crippen LogP contribution in [-0.4, -0.2) is 32.8 Å². The highest BCUT2D eigenvalue weighted by atomic mass is 16.5. The fraction of sp³-hybridized carbons (Fsp3) is 0.471. The lowest BCUT2D eigenvalue weighted by molar-refractivity contribution is -0.0137. The van der Waals surface area contributed by atoms with Gasteiger partial charge in [-0.15, -0.1) is 0 Å². The summed E-state index contributed by atoms with van der Waals surface area (Å²) in [6.45, 7) is 0.846. The third kappa shape index (κ3) is 1.94. The first kappa shape index (κ1) is 13.2. The predicted molar refractivity (Wildman–Crippen MR) is 83.9 cm³/mol. The van der Waals surface area contributed by atoms with E-state index in [1.807, 2.05) is 24.4 Å². The quantitative estimate of drug-likeness (QED) is 0.803. The van der Waals surface area contributed by atoms with Crippen molar-refractivity contribution in [3.63, 3.8) is 0 Å². The molecule has 0 bridgehead atoms. The number of fused-ring (bicyclic) bond motifs is 1. The van der Waals surface area contributed by atoms with Crippen LogP contribution >= 0.6 is 0 Å². The molecule has 6 nitrogen and oxygen atoms in total. The molecule has 1 N–H and O–H groups in total. The number of aromatic nitrogens is 4. The third-order valence-corrected chi connectivity index (χ3v) is 5.28. The molecule has 2 aliphatic rings. The van der Waals surface area contributed by atoms with Crippen LogP contribution in [0.5, 0.6) is 0 Å². The number of ether oxygens (including phenoxy) is 1. The zero-order valence-electron chi connectivity index (χ0n) is 12.8. The summed E-state index contributed by atoms with van der Waals surface area (Å²) in [4.78, 5) is 12.4. The number of hydrogen-bond donors (Lipinski definition) is 1. The van der Waals surface area contributed by atoms with Crippen LogP contribution in [0.25, 0.3) is 22.6 Å². The van der Waals surface area contributed by atoms with Crippen LogP contribution in [0.3, 0.4) is 0 Å². The molecule has 0 aromatic carbocycles. The van der Waals surface area contributed by atoms with Gasteiger partial charge in [0.2, 0.25) is 11.7 Å². The van der Waals surface area contributed by atoms with E-state index < -0.39 is 0 Å². The number of nitrogens with zero attached hydrogens (tertiary/aromatic N) is 3. The molecule has 1 atom stereocenters. The van der Waals surface area contributed by atoms with E-state index in [0.717, 1.165) is 54.9 Å². The monoisotopic (exact) mass is 310 g/mol. The van der Waals surface area contributed by atoms with Crippen LogP contribution in [0.2, 0.25) is 0 Å². The average Bonchev–Trinajstić information content (AvgIpc) is 3.27. The smallest absolute Gasteiger partial charge is 0.235 e. The molecule has 1 saturated carbocycles. The molecule has 2 fully saturated rings. The number of aromatic amines is 1. The second kappa shape index (κ2) is 4.89. The maximum absolute atomic E-state index is 5.93. The van der Waals surface area contributed by atoms with Crippen molar-refractivity contribution in [1.29, 1.82) is 0 Å². The summed E-state index contributed by atoms with van der Waals surface area (Å²) < 4.78 is 11.6. The Morgan fingerprint density at radius 3 is 2.87 bits per heavy atom. The second-order valence-electron chi connectivity index (χ2n) is 6.54. The van der Waals surface area contributed by atoms with E-state index in [1.54, 1.807) is 0 Å². The molecule has 3 aromatic rings. The topological polar surface area (TPSA) is 76.8 Å². The molecular formula is C17H18N4O2. The highest BCUT2D eigenvalue weighted by molar-refractivity contribution is 5.77. The van der Waals surface area contributed by atoms with Crippen molar-refractivity contribution in [3.05, 3.63) is 30.3 Å². The lowest BCUT2D eigenvalue weighted by atomic mass is 9.64. The largest absolute Gasteiger partial charge is 0.377 e. The Kier molecular flexibility index (Phi) is 2.82. The Morgan fingerprint density at radius 2 is 2.09 bits per heavy atom. The SMILES string of the molecule is c1cc2nc(-c3noc(C4(C5CCCO5)CCC4)n3)ccc2[nH]1. The molecule has 3 aromatic heterocycles. The first-order valence-corrected chi connectivity index (χ1v) is 8.25. The lowest BCUT2D eigenvalue weighted by Crippen LogP contribution is -2.45. The summed E-state index contributed by atoms with van der Waals surface area (Å²) in [7, 11) is 0. The van der Waals surface area contributed by atoms with E-state index in [0.29, 0.717) is 5.82 Å². The molecule has 0 spiro atoms. The maximum atomic E-state index is 5.93. The zero-order chi connectivity index (χ0) is 15.3. The van der Waals surface area contributed by atoms with E-state index in [-0.39, 0.29) is 11.5 Å². The number of pyridine rings is 1. The molecule has 1 unspecified atom stereocenters. The summed E-state index contributed by atoms with van der Waals surface area (Å²) in [6.07, 6.45) is 7.66. The first-order chi connectivity index (χ1) is 11.4. The molecule has 1 aliphatic heterocycles. The zero-order valence-corrected chi connectivity index (χ0v) is 12.8. The van der Waals surface area contributed by atoms with E-state index in [9.17, 15) is 0 Å². The minimum Gasteiger partial charge on any atom is -0.377 e. The van der Waals surface area contributed by atoms with Gasteiger partial charge >= 0.3 is 0 Å². The van der Waals surface area contributed by atoms with Gasteiger partial charge in [0.05, 0.1) is 22.6 Å². The number of hydrogen-bond acceptors (Lipinski definition) is 5. The highest BCUT2D eigenvalue weighted by Gasteiger charge is 2.51. The standard InChI is InChI=1S/C17H18N4O2/c1-3-14(22-10-1)17(7-2-8-17)16-20-15(21-23-16)13-5-4-11-12(19-13)6-9-18-11/h4-6,9,14,18H,1-3,7-8,10H2. The predicted octanol–water partition coefficient (Wildman–Crippen LogP) is 3.21. The molecule has 1 saturated heterocycles. The van der Waals surface area contributed by atoms with Crippen molar-refractivity contribution in [3.8, 4) is 11.5 Å². The third-order valence-electron chi connectivity index (χ3n) is 5.28. The Bertz CT molecular complexity index is 843. The van der Waals surface area contributed by atoms with Gasteiger partial charge in [0.15, 0.2) is 0 Å². The Labute approximate surface area is 133 Å². The normalized spacial score (nSPS) is 23.2. The van der Waals surface area contributed by atoms with Crippen LogP contribution in [0.15, 0.2) is 28.9 Å². The van der Waals surface area contributed by atoms with Crippen molar-refractivity contribution in [1.82, 2.24) is 20.1 Å². The number of nitrogens with one attached hydrogen (secondary N) is 1. The highest BCUT2D eigenvalue weighted by Crippen LogP contribution is 2.49. The molecule has 5 rings (SSSR count). The summed E-state index contributed by atoms with van der Waals surface area (Å²) in [5.41, 5.74) is 2.59. The average molecular weight is 310 g/mol. The van der Waals surface area contributed by atoms with E-state index in [2.05, 4.69) is 20.1 Å². The fourth-order valence-corrected chi connectivity index (χ4v) is 3.83. The molecule has 4 heterocycles. The van der Waals surface area contributed by atoms with Gasteiger partial charge in [-0.3, -0.25) is 0 Å². The van der Waals surface area contributed by atoms with Crippen LogP contribution in [0.1, 0.15) is 38.0 Å². The molecular weight excluding hydrogens is 292 g/mol. The van der Waals surface area contributed by atoms with Crippen LogP contribution in [-0.2, 0) is 10.2 Å². The van der Waals surface area contributed by atoms with E-state index in [1.165, 1.54) is 6.42 Å². The Hall–Kier alpha value is -2.21. The van der Waals surface area contributed by atoms with E-state index in [4.69, 9.17) is 9.26 Å². The number of rotatable bonds is 3. The molecule has 0 radical (unpaired) electrons. The number of H-pyrrole nitrogens is 1. The fourth-order valence-electron chi connectivity index (χ4n) is 3.83. The van der Waals surface area contributed by atoms with Gasteiger partial charge in [-0.05, 0) is 43.9 Å². The van der Waals surface area contributed by atoms with Gasteiger partial charge in [0, 0.05) is 12.8 Å². The van der Waals surface area contributed by atoms with Gasteiger partial charge in [0.1, 0.15) is 5.69 Å². The van der Waals surface area contributed by atoms with Gasteiger partial charge in [-0.2, -0.15) is 4.98 Å². The minimum atomic E-state index is -0.0695. The van der Waals surface area contributed by atoms with Gasteiger partial charge in [0.25, 0.3) is 0 Å². The molecule has 23 heavy (non-hydrogen) atoms. The van der Waals surface area contributed by atoms with Gasteiger partial charge < -0.3 is 14.2 Å². The van der Waals surface area contributed by atoms with Crippen molar-refractivity contribution >= 4 is 11.0 Å². The summed E-state index contributed by atoms with van der Waals surface area (Å²) in [6, 6.07) is 5.86. The Morgan fingerprint density at radius 1 is 1.13 bits per heavy atom.